The van der Waals surface area contributed by atoms with E-state index in [-0.39, 0.29) is 18.0 Å². The number of nitrogens with two attached hydrogens (primary N) is 1. The molecule has 0 fully saturated rings. The fraction of sp³-hybridized carbons (Fsp3) is 0.455. The monoisotopic (exact) mass is 245 g/mol. The van der Waals surface area contributed by atoms with Crippen LogP contribution in [0.3, 0.4) is 0 Å². The molecule has 0 heterocycles. The summed E-state index contributed by atoms with van der Waals surface area (Å²) < 4.78 is 35.3. The van der Waals surface area contributed by atoms with E-state index in [1.807, 2.05) is 6.92 Å². The molecule has 0 radical (unpaired) electrons. The normalized spacial score (nSPS) is 13.8. The Morgan fingerprint density at radius 2 is 2.06 bits per heavy atom. The van der Waals surface area contributed by atoms with Crippen molar-refractivity contribution in [2.45, 2.75) is 19.4 Å². The molecular weight excluding hydrogens is 229 g/mol. The summed E-state index contributed by atoms with van der Waals surface area (Å²) in [5.74, 6) is -0.409. The highest BCUT2D eigenvalue weighted by Gasteiger charge is 2.14. The van der Waals surface area contributed by atoms with Crippen molar-refractivity contribution >= 4 is 9.84 Å². The average molecular weight is 245 g/mol. The van der Waals surface area contributed by atoms with Crippen LogP contribution in [-0.2, 0) is 9.84 Å². The van der Waals surface area contributed by atoms with E-state index in [2.05, 4.69) is 0 Å². The van der Waals surface area contributed by atoms with Gasteiger partial charge in [0.25, 0.3) is 0 Å². The standard InChI is InChI=1S/C11H16FNO2S/c1-8-3-4-10(12)9(7-8)11(13)5-6-16(2,14)15/h3-4,7,11H,5-6,13H2,1-2H3. The zero-order valence-corrected chi connectivity index (χ0v) is 10.2. The molecule has 0 amide bonds. The van der Waals surface area contributed by atoms with Crippen molar-refractivity contribution in [3.05, 3.63) is 35.1 Å². The maximum absolute atomic E-state index is 13.4. The SMILES string of the molecule is Cc1ccc(F)c(C(N)CCS(C)(=O)=O)c1. The Kier molecular flexibility index (Phi) is 4.04. The lowest BCUT2D eigenvalue weighted by molar-refractivity contribution is 0.565. The van der Waals surface area contributed by atoms with Crippen molar-refractivity contribution in [1.82, 2.24) is 0 Å². The number of hydrogen-bond acceptors (Lipinski definition) is 3. The van der Waals surface area contributed by atoms with Crippen LogP contribution in [0.2, 0.25) is 0 Å². The van der Waals surface area contributed by atoms with Crippen LogP contribution >= 0.6 is 0 Å². The van der Waals surface area contributed by atoms with Crippen LogP contribution in [0.25, 0.3) is 0 Å². The summed E-state index contributed by atoms with van der Waals surface area (Å²) >= 11 is 0. The predicted octanol–water partition coefficient (Wildman–Crippen LogP) is 1.57. The summed E-state index contributed by atoms with van der Waals surface area (Å²) in [5.41, 5.74) is 7.05. The van der Waals surface area contributed by atoms with Crippen LogP contribution in [0.4, 0.5) is 4.39 Å². The molecule has 0 aliphatic carbocycles. The van der Waals surface area contributed by atoms with Gasteiger partial charge >= 0.3 is 0 Å². The molecule has 1 aromatic carbocycles. The molecule has 90 valence electrons. The van der Waals surface area contributed by atoms with E-state index in [0.717, 1.165) is 11.8 Å². The molecule has 0 aromatic heterocycles. The van der Waals surface area contributed by atoms with Crippen LogP contribution in [0.1, 0.15) is 23.6 Å². The minimum Gasteiger partial charge on any atom is -0.324 e. The summed E-state index contributed by atoms with van der Waals surface area (Å²) in [4.78, 5) is 0. The van der Waals surface area contributed by atoms with Gasteiger partial charge in [0.2, 0.25) is 0 Å². The molecule has 2 N–H and O–H groups in total. The third-order valence-electron chi connectivity index (χ3n) is 2.35. The smallest absolute Gasteiger partial charge is 0.147 e. The molecule has 0 bridgehead atoms. The van der Waals surface area contributed by atoms with Crippen LogP contribution in [0.15, 0.2) is 18.2 Å². The van der Waals surface area contributed by atoms with Crippen molar-refractivity contribution in [1.29, 1.82) is 0 Å². The average Bonchev–Trinajstić information content (AvgIpc) is 2.17. The maximum Gasteiger partial charge on any atom is 0.147 e. The molecule has 0 saturated carbocycles. The van der Waals surface area contributed by atoms with E-state index in [0.29, 0.717) is 5.56 Å². The number of rotatable bonds is 4. The topological polar surface area (TPSA) is 60.2 Å². The summed E-state index contributed by atoms with van der Waals surface area (Å²) in [7, 11) is -3.05. The van der Waals surface area contributed by atoms with Crippen molar-refractivity contribution in [2.75, 3.05) is 12.0 Å². The number of aryl methyl sites for hydroxylation is 1. The molecule has 1 atom stereocenters. The number of hydrogen-bond donors (Lipinski definition) is 1. The quantitative estimate of drug-likeness (QED) is 0.876. The minimum atomic E-state index is -3.05. The van der Waals surface area contributed by atoms with Gasteiger partial charge in [-0.15, -0.1) is 0 Å². The first-order valence-electron chi connectivity index (χ1n) is 4.99. The maximum atomic E-state index is 13.4. The van der Waals surface area contributed by atoms with Crippen LogP contribution in [0.5, 0.6) is 0 Å². The molecule has 0 aliphatic rings. The van der Waals surface area contributed by atoms with Crippen LogP contribution < -0.4 is 5.73 Å². The van der Waals surface area contributed by atoms with Crippen molar-refractivity contribution in [3.8, 4) is 0 Å². The van der Waals surface area contributed by atoms with E-state index in [9.17, 15) is 12.8 Å². The van der Waals surface area contributed by atoms with Gasteiger partial charge in [0.05, 0.1) is 5.75 Å². The molecular formula is C11H16FNO2S. The highest BCUT2D eigenvalue weighted by atomic mass is 32.2. The van der Waals surface area contributed by atoms with Gasteiger partial charge in [-0.1, -0.05) is 17.7 Å². The summed E-state index contributed by atoms with van der Waals surface area (Å²) in [5, 5.41) is 0. The molecule has 0 aliphatic heterocycles. The first kappa shape index (κ1) is 13.1. The van der Waals surface area contributed by atoms with Gasteiger partial charge < -0.3 is 5.73 Å². The van der Waals surface area contributed by atoms with Gasteiger partial charge in [-0.2, -0.15) is 0 Å². The van der Waals surface area contributed by atoms with Gasteiger partial charge in [-0.05, 0) is 19.4 Å². The molecule has 3 nitrogen and oxygen atoms in total. The fourth-order valence-corrected chi connectivity index (χ4v) is 2.13. The Balaban J connectivity index is 2.80. The lowest BCUT2D eigenvalue weighted by Gasteiger charge is -2.13. The van der Waals surface area contributed by atoms with Crippen molar-refractivity contribution in [2.24, 2.45) is 5.73 Å². The first-order chi connectivity index (χ1) is 7.29. The Labute approximate surface area is 95.4 Å². The third-order valence-corrected chi connectivity index (χ3v) is 3.33. The zero-order chi connectivity index (χ0) is 12.3. The summed E-state index contributed by atoms with van der Waals surface area (Å²) in [6.45, 7) is 1.84. The van der Waals surface area contributed by atoms with Gasteiger partial charge in [0.15, 0.2) is 0 Å². The molecule has 5 heteroatoms. The lowest BCUT2D eigenvalue weighted by Crippen LogP contribution is -2.17. The second kappa shape index (κ2) is 4.93. The van der Waals surface area contributed by atoms with Crippen molar-refractivity contribution < 1.29 is 12.8 Å². The molecule has 0 saturated heterocycles. The largest absolute Gasteiger partial charge is 0.324 e. The molecule has 1 unspecified atom stereocenters. The predicted molar refractivity (Wildman–Crippen MR) is 62.4 cm³/mol. The molecule has 1 rings (SSSR count). The van der Waals surface area contributed by atoms with E-state index >= 15 is 0 Å². The number of halogens is 1. The van der Waals surface area contributed by atoms with Gasteiger partial charge in [-0.3, -0.25) is 0 Å². The Hall–Kier alpha value is -0.940. The molecule has 16 heavy (non-hydrogen) atoms. The Morgan fingerprint density at radius 1 is 1.44 bits per heavy atom. The van der Waals surface area contributed by atoms with E-state index in [1.165, 1.54) is 6.07 Å². The van der Waals surface area contributed by atoms with E-state index in [1.54, 1.807) is 12.1 Å². The van der Waals surface area contributed by atoms with Gasteiger partial charge in [-0.25, -0.2) is 12.8 Å². The van der Waals surface area contributed by atoms with Gasteiger partial charge in [0.1, 0.15) is 15.7 Å². The Morgan fingerprint density at radius 3 is 2.62 bits per heavy atom. The second-order valence-corrected chi connectivity index (χ2v) is 6.31. The second-order valence-electron chi connectivity index (χ2n) is 4.05. The van der Waals surface area contributed by atoms with Crippen LogP contribution in [-0.4, -0.2) is 20.4 Å². The lowest BCUT2D eigenvalue weighted by atomic mass is 10.0. The van der Waals surface area contributed by atoms with E-state index < -0.39 is 15.9 Å². The molecule has 0 spiro atoms. The molecule has 1 aromatic rings. The third kappa shape index (κ3) is 3.90. The van der Waals surface area contributed by atoms with E-state index in [4.69, 9.17) is 5.73 Å². The summed E-state index contributed by atoms with van der Waals surface area (Å²) in [6.07, 6.45) is 1.38. The minimum absolute atomic E-state index is 0.0262. The first-order valence-corrected chi connectivity index (χ1v) is 7.05. The van der Waals surface area contributed by atoms with Crippen molar-refractivity contribution in [3.63, 3.8) is 0 Å². The highest BCUT2D eigenvalue weighted by molar-refractivity contribution is 7.90. The number of benzene rings is 1. The zero-order valence-electron chi connectivity index (χ0n) is 9.40. The Bertz CT molecular complexity index is 471. The van der Waals surface area contributed by atoms with Crippen LogP contribution in [0, 0.1) is 12.7 Å². The fourth-order valence-electron chi connectivity index (χ4n) is 1.44. The number of sulfone groups is 1. The summed E-state index contributed by atoms with van der Waals surface area (Å²) in [6, 6.07) is 4.09. The highest BCUT2D eigenvalue weighted by Crippen LogP contribution is 2.19. The van der Waals surface area contributed by atoms with Gasteiger partial charge in [0, 0.05) is 17.9 Å².